The number of ether oxygens (including phenoxy) is 1. The van der Waals surface area contributed by atoms with Crippen molar-refractivity contribution in [2.75, 3.05) is 0 Å². The third-order valence-corrected chi connectivity index (χ3v) is 3.27. The van der Waals surface area contributed by atoms with E-state index in [9.17, 15) is 18.0 Å². The molecule has 0 aliphatic carbocycles. The van der Waals surface area contributed by atoms with Crippen LogP contribution in [0.2, 0.25) is 0 Å². The van der Waals surface area contributed by atoms with Gasteiger partial charge in [0.1, 0.15) is 5.75 Å². The van der Waals surface area contributed by atoms with E-state index in [0.717, 1.165) is 22.2 Å². The van der Waals surface area contributed by atoms with E-state index in [1.54, 1.807) is 25.1 Å². The van der Waals surface area contributed by atoms with Crippen molar-refractivity contribution >= 4 is 21.7 Å². The Balaban J connectivity index is 2.35. The number of halogens is 4. The van der Waals surface area contributed by atoms with Gasteiger partial charge in [-0.2, -0.15) is 0 Å². The number of hydrogen-bond donors (Lipinski definition) is 0. The molecule has 0 heterocycles. The van der Waals surface area contributed by atoms with Gasteiger partial charge in [0, 0.05) is 15.6 Å². The predicted molar refractivity (Wildman–Crippen MR) is 75.4 cm³/mol. The summed E-state index contributed by atoms with van der Waals surface area (Å²) in [5, 5.41) is 0. The average Bonchev–Trinajstić information content (AvgIpc) is 2.39. The molecule has 0 unspecified atom stereocenters. The highest BCUT2D eigenvalue weighted by atomic mass is 79.9. The van der Waals surface area contributed by atoms with Crippen LogP contribution in [-0.2, 0) is 0 Å². The fraction of sp³-hybridized carbons (Fsp3) is 0.133. The number of benzene rings is 2. The van der Waals surface area contributed by atoms with Crippen molar-refractivity contribution in [3.05, 3.63) is 63.6 Å². The fourth-order valence-corrected chi connectivity index (χ4v) is 2.19. The molecular weight excluding hydrogens is 349 g/mol. The number of alkyl halides is 3. The smallest absolute Gasteiger partial charge is 0.406 e. The fourth-order valence-electron chi connectivity index (χ4n) is 1.83. The number of carbonyl (C=O) groups is 1. The quantitative estimate of drug-likeness (QED) is 0.730. The van der Waals surface area contributed by atoms with Crippen molar-refractivity contribution in [3.8, 4) is 5.75 Å². The van der Waals surface area contributed by atoms with Gasteiger partial charge in [-0.25, -0.2) is 0 Å². The first-order valence-corrected chi connectivity index (χ1v) is 6.72. The van der Waals surface area contributed by atoms with E-state index in [0.29, 0.717) is 5.56 Å². The Morgan fingerprint density at radius 3 is 2.52 bits per heavy atom. The molecule has 2 aromatic carbocycles. The molecule has 0 spiro atoms. The van der Waals surface area contributed by atoms with Crippen LogP contribution in [0.4, 0.5) is 13.2 Å². The first-order valence-electron chi connectivity index (χ1n) is 5.93. The molecule has 2 aromatic rings. The van der Waals surface area contributed by atoms with E-state index in [1.165, 1.54) is 12.1 Å². The molecule has 0 aliphatic rings. The summed E-state index contributed by atoms with van der Waals surface area (Å²) in [5.41, 5.74) is 1.30. The van der Waals surface area contributed by atoms with Crippen molar-refractivity contribution < 1.29 is 22.7 Å². The molecule has 0 aromatic heterocycles. The van der Waals surface area contributed by atoms with E-state index < -0.39 is 12.1 Å². The maximum Gasteiger partial charge on any atom is 0.573 e. The molecule has 0 saturated carbocycles. The number of hydrogen-bond acceptors (Lipinski definition) is 2. The third kappa shape index (κ3) is 4.07. The summed E-state index contributed by atoms with van der Waals surface area (Å²) in [6.07, 6.45) is -4.78. The van der Waals surface area contributed by atoms with Gasteiger partial charge in [0.2, 0.25) is 0 Å². The van der Waals surface area contributed by atoms with E-state index in [-0.39, 0.29) is 11.3 Å². The van der Waals surface area contributed by atoms with Crippen LogP contribution in [0, 0.1) is 6.92 Å². The zero-order valence-electron chi connectivity index (χ0n) is 10.9. The largest absolute Gasteiger partial charge is 0.573 e. The monoisotopic (exact) mass is 358 g/mol. The van der Waals surface area contributed by atoms with Crippen molar-refractivity contribution in [2.24, 2.45) is 0 Å². The lowest BCUT2D eigenvalue weighted by Crippen LogP contribution is -2.17. The number of carbonyl (C=O) groups excluding carboxylic acids is 1. The van der Waals surface area contributed by atoms with Crippen LogP contribution in [0.3, 0.4) is 0 Å². The first-order chi connectivity index (χ1) is 9.76. The van der Waals surface area contributed by atoms with E-state index in [1.807, 2.05) is 0 Å². The summed E-state index contributed by atoms with van der Waals surface area (Å²) in [6, 6.07) is 10.2. The van der Waals surface area contributed by atoms with Crippen molar-refractivity contribution in [2.45, 2.75) is 13.3 Å². The van der Waals surface area contributed by atoms with Crippen LogP contribution in [0.1, 0.15) is 21.5 Å². The van der Waals surface area contributed by atoms with Gasteiger partial charge in [0.25, 0.3) is 0 Å². The lowest BCUT2D eigenvalue weighted by molar-refractivity contribution is -0.274. The zero-order chi connectivity index (χ0) is 15.6. The molecule has 2 rings (SSSR count). The Hall–Kier alpha value is -1.82. The summed E-state index contributed by atoms with van der Waals surface area (Å²) in [5.74, 6) is -0.776. The highest BCUT2D eigenvalue weighted by molar-refractivity contribution is 9.10. The summed E-state index contributed by atoms with van der Waals surface area (Å²) in [7, 11) is 0. The van der Waals surface area contributed by atoms with Crippen molar-refractivity contribution in [3.63, 3.8) is 0 Å². The molecule has 0 N–H and O–H groups in total. The van der Waals surface area contributed by atoms with Crippen molar-refractivity contribution in [1.82, 2.24) is 0 Å². The Labute approximate surface area is 127 Å². The molecule has 2 nitrogen and oxygen atoms in total. The summed E-state index contributed by atoms with van der Waals surface area (Å²) in [4.78, 5) is 12.4. The summed E-state index contributed by atoms with van der Waals surface area (Å²) >= 11 is 3.27. The second kappa shape index (κ2) is 5.89. The molecule has 0 saturated heterocycles. The Morgan fingerprint density at radius 1 is 1.14 bits per heavy atom. The molecule has 0 fully saturated rings. The van der Waals surface area contributed by atoms with Gasteiger partial charge in [-0.3, -0.25) is 4.79 Å². The zero-order valence-corrected chi connectivity index (χ0v) is 12.5. The van der Waals surface area contributed by atoms with Gasteiger partial charge in [-0.05, 0) is 36.8 Å². The molecule has 0 radical (unpaired) electrons. The standard InChI is InChI=1S/C15H10BrF3O2/c1-9-5-6-11(16)8-13(9)14(20)10-3-2-4-12(7-10)21-15(17,18)19/h2-8H,1H3. The topological polar surface area (TPSA) is 26.3 Å². The minimum absolute atomic E-state index is 0.137. The van der Waals surface area contributed by atoms with Gasteiger partial charge in [-0.15, -0.1) is 13.2 Å². The Bertz CT molecular complexity index is 681. The lowest BCUT2D eigenvalue weighted by atomic mass is 9.99. The average molecular weight is 359 g/mol. The second-order valence-electron chi connectivity index (χ2n) is 4.36. The number of ketones is 1. The maximum atomic E-state index is 12.4. The van der Waals surface area contributed by atoms with Crippen LogP contribution in [-0.4, -0.2) is 12.1 Å². The third-order valence-electron chi connectivity index (χ3n) is 2.77. The first kappa shape index (κ1) is 15.6. The van der Waals surface area contributed by atoms with E-state index in [2.05, 4.69) is 20.7 Å². The molecule has 110 valence electrons. The molecule has 0 amide bonds. The van der Waals surface area contributed by atoms with Gasteiger partial charge in [0.15, 0.2) is 5.78 Å². The highest BCUT2D eigenvalue weighted by Crippen LogP contribution is 2.25. The second-order valence-corrected chi connectivity index (χ2v) is 5.28. The van der Waals surface area contributed by atoms with E-state index in [4.69, 9.17) is 0 Å². The summed E-state index contributed by atoms with van der Waals surface area (Å²) < 4.78 is 41.1. The maximum absolute atomic E-state index is 12.4. The van der Waals surface area contributed by atoms with Crippen LogP contribution in [0.5, 0.6) is 5.75 Å². The lowest BCUT2D eigenvalue weighted by Gasteiger charge is -2.10. The molecule has 0 atom stereocenters. The SMILES string of the molecule is Cc1ccc(Br)cc1C(=O)c1cccc(OC(F)(F)F)c1. The Kier molecular flexibility index (Phi) is 4.37. The minimum atomic E-state index is -4.78. The molecule has 6 heteroatoms. The number of rotatable bonds is 3. The highest BCUT2D eigenvalue weighted by Gasteiger charge is 2.31. The van der Waals surface area contributed by atoms with E-state index >= 15 is 0 Å². The van der Waals surface area contributed by atoms with Gasteiger partial charge >= 0.3 is 6.36 Å². The van der Waals surface area contributed by atoms with Gasteiger partial charge in [0.05, 0.1) is 0 Å². The van der Waals surface area contributed by atoms with Crippen LogP contribution in [0.15, 0.2) is 46.9 Å². The van der Waals surface area contributed by atoms with Gasteiger partial charge < -0.3 is 4.74 Å². The molecular formula is C15H10BrF3O2. The normalized spacial score (nSPS) is 11.3. The van der Waals surface area contributed by atoms with Crippen LogP contribution >= 0.6 is 15.9 Å². The molecule has 0 bridgehead atoms. The van der Waals surface area contributed by atoms with Gasteiger partial charge in [-0.1, -0.05) is 34.1 Å². The van der Waals surface area contributed by atoms with Crippen LogP contribution in [0.25, 0.3) is 0 Å². The van der Waals surface area contributed by atoms with Crippen molar-refractivity contribution in [1.29, 1.82) is 0 Å². The summed E-state index contributed by atoms with van der Waals surface area (Å²) in [6.45, 7) is 1.76. The molecule has 21 heavy (non-hydrogen) atoms. The molecule has 0 aliphatic heterocycles. The predicted octanol–water partition coefficient (Wildman–Crippen LogP) is 4.89. The Morgan fingerprint density at radius 2 is 1.86 bits per heavy atom. The van der Waals surface area contributed by atoms with Crippen LogP contribution < -0.4 is 4.74 Å². The minimum Gasteiger partial charge on any atom is -0.406 e. The number of aryl methyl sites for hydroxylation is 1.